The van der Waals surface area contributed by atoms with Gasteiger partial charge in [-0.05, 0) is 12.1 Å². The maximum Gasteiger partial charge on any atom is 0.330 e. The molecular formula is C11H11NO3. The van der Waals surface area contributed by atoms with Gasteiger partial charge in [0.25, 0.3) is 0 Å². The van der Waals surface area contributed by atoms with E-state index in [1.54, 1.807) is 24.3 Å². The number of ether oxygens (including phenoxy) is 1. The third-order valence-corrected chi connectivity index (χ3v) is 1.61. The Morgan fingerprint density at radius 3 is 2.47 bits per heavy atom. The molecule has 1 aromatic carbocycles. The summed E-state index contributed by atoms with van der Waals surface area (Å²) in [5.41, 5.74) is 0.678. The third kappa shape index (κ3) is 4.08. The number of anilines is 1. The summed E-state index contributed by atoms with van der Waals surface area (Å²) in [5.74, 6) is -0.926. The van der Waals surface area contributed by atoms with Gasteiger partial charge in [0.05, 0.1) is 7.11 Å². The first-order valence-corrected chi connectivity index (χ1v) is 4.34. The molecule has 78 valence electrons. The van der Waals surface area contributed by atoms with E-state index in [9.17, 15) is 9.59 Å². The van der Waals surface area contributed by atoms with E-state index >= 15 is 0 Å². The molecule has 0 aliphatic carbocycles. The standard InChI is InChI=1S/C11H11NO3/c1-15-11(14)8-7-10(13)12-9-5-3-2-4-6-9/h2-8H,1H3,(H,12,13). The molecule has 0 heterocycles. The van der Waals surface area contributed by atoms with Crippen molar-refractivity contribution in [1.82, 2.24) is 0 Å². The Morgan fingerprint density at radius 2 is 1.87 bits per heavy atom. The monoisotopic (exact) mass is 205 g/mol. The largest absolute Gasteiger partial charge is 0.466 e. The Bertz CT molecular complexity index is 371. The number of carbonyl (C=O) groups is 2. The molecule has 1 rings (SSSR count). The van der Waals surface area contributed by atoms with Gasteiger partial charge >= 0.3 is 5.97 Å². The summed E-state index contributed by atoms with van der Waals surface area (Å²) in [4.78, 5) is 21.9. The summed E-state index contributed by atoms with van der Waals surface area (Å²) in [6.45, 7) is 0. The van der Waals surface area contributed by atoms with Crippen molar-refractivity contribution in [2.45, 2.75) is 0 Å². The molecule has 0 aliphatic rings. The summed E-state index contributed by atoms with van der Waals surface area (Å²) >= 11 is 0. The van der Waals surface area contributed by atoms with Gasteiger partial charge in [0, 0.05) is 17.8 Å². The highest BCUT2D eigenvalue weighted by Crippen LogP contribution is 2.04. The predicted molar refractivity (Wildman–Crippen MR) is 56.2 cm³/mol. The molecule has 0 aromatic heterocycles. The van der Waals surface area contributed by atoms with Crippen molar-refractivity contribution >= 4 is 17.6 Å². The van der Waals surface area contributed by atoms with Crippen LogP contribution in [0.5, 0.6) is 0 Å². The molecule has 4 heteroatoms. The van der Waals surface area contributed by atoms with Gasteiger partial charge in [0.2, 0.25) is 5.91 Å². The normalized spacial score (nSPS) is 9.93. The van der Waals surface area contributed by atoms with E-state index in [2.05, 4.69) is 10.1 Å². The van der Waals surface area contributed by atoms with Crippen LogP contribution in [0.15, 0.2) is 42.5 Å². The Balaban J connectivity index is 2.50. The van der Waals surface area contributed by atoms with Crippen LogP contribution in [-0.2, 0) is 14.3 Å². The van der Waals surface area contributed by atoms with Gasteiger partial charge in [0.15, 0.2) is 0 Å². The van der Waals surface area contributed by atoms with Gasteiger partial charge < -0.3 is 10.1 Å². The molecule has 0 saturated carbocycles. The summed E-state index contributed by atoms with van der Waals surface area (Å²) in [5, 5.41) is 2.59. The zero-order valence-corrected chi connectivity index (χ0v) is 8.27. The third-order valence-electron chi connectivity index (χ3n) is 1.61. The molecule has 15 heavy (non-hydrogen) atoms. The van der Waals surface area contributed by atoms with Crippen LogP contribution in [0.1, 0.15) is 0 Å². The van der Waals surface area contributed by atoms with Crippen molar-refractivity contribution in [3.8, 4) is 0 Å². The molecule has 4 nitrogen and oxygen atoms in total. The van der Waals surface area contributed by atoms with Crippen LogP contribution < -0.4 is 5.32 Å². The molecule has 0 aliphatic heterocycles. The SMILES string of the molecule is COC(=O)C=CC(=O)Nc1ccccc1. The number of hydrogen-bond acceptors (Lipinski definition) is 3. The van der Waals surface area contributed by atoms with Gasteiger partial charge in [0.1, 0.15) is 0 Å². The summed E-state index contributed by atoms with van der Waals surface area (Å²) < 4.78 is 4.35. The van der Waals surface area contributed by atoms with Crippen LogP contribution in [0.2, 0.25) is 0 Å². The van der Waals surface area contributed by atoms with Gasteiger partial charge in [-0.1, -0.05) is 18.2 Å². The Hall–Kier alpha value is -2.10. The molecule has 0 saturated heterocycles. The molecule has 0 fully saturated rings. The minimum atomic E-state index is -0.557. The van der Waals surface area contributed by atoms with Crippen LogP contribution >= 0.6 is 0 Å². The van der Waals surface area contributed by atoms with Crippen molar-refractivity contribution in [1.29, 1.82) is 0 Å². The van der Waals surface area contributed by atoms with Crippen molar-refractivity contribution < 1.29 is 14.3 Å². The number of hydrogen-bond donors (Lipinski definition) is 1. The fourth-order valence-corrected chi connectivity index (χ4v) is 0.917. The summed E-state index contributed by atoms with van der Waals surface area (Å²) in [7, 11) is 1.25. The quantitative estimate of drug-likeness (QED) is 0.598. The lowest BCUT2D eigenvalue weighted by Gasteiger charge is -1.99. The van der Waals surface area contributed by atoms with Crippen LogP contribution in [0, 0.1) is 0 Å². The highest BCUT2D eigenvalue weighted by atomic mass is 16.5. The van der Waals surface area contributed by atoms with E-state index in [4.69, 9.17) is 0 Å². The lowest BCUT2D eigenvalue weighted by atomic mass is 10.3. The molecule has 0 atom stereocenters. The zero-order valence-electron chi connectivity index (χ0n) is 8.27. The molecular weight excluding hydrogens is 194 g/mol. The van der Waals surface area contributed by atoms with E-state index in [0.717, 1.165) is 12.2 Å². The second kappa shape index (κ2) is 5.59. The topological polar surface area (TPSA) is 55.4 Å². The van der Waals surface area contributed by atoms with Crippen molar-refractivity contribution in [3.05, 3.63) is 42.5 Å². The van der Waals surface area contributed by atoms with Crippen molar-refractivity contribution in [2.75, 3.05) is 12.4 Å². The highest BCUT2D eigenvalue weighted by molar-refractivity contribution is 6.02. The van der Waals surface area contributed by atoms with E-state index in [1.807, 2.05) is 6.07 Å². The first kappa shape index (κ1) is 11.0. The molecule has 1 N–H and O–H groups in total. The predicted octanol–water partition coefficient (Wildman–Crippen LogP) is 1.35. The second-order valence-corrected chi connectivity index (χ2v) is 2.71. The molecule has 1 aromatic rings. The Kier molecular flexibility index (Phi) is 4.09. The molecule has 0 bridgehead atoms. The second-order valence-electron chi connectivity index (χ2n) is 2.71. The van der Waals surface area contributed by atoms with E-state index < -0.39 is 5.97 Å². The van der Waals surface area contributed by atoms with Gasteiger partial charge in [-0.15, -0.1) is 0 Å². The zero-order chi connectivity index (χ0) is 11.1. The fraction of sp³-hybridized carbons (Fsp3) is 0.0909. The number of esters is 1. The number of para-hydroxylation sites is 1. The number of nitrogens with one attached hydrogen (secondary N) is 1. The summed E-state index contributed by atoms with van der Waals surface area (Å²) in [6.07, 6.45) is 2.19. The van der Waals surface area contributed by atoms with E-state index in [0.29, 0.717) is 5.69 Å². The molecule has 0 spiro atoms. The smallest absolute Gasteiger partial charge is 0.330 e. The lowest BCUT2D eigenvalue weighted by molar-refractivity contribution is -0.135. The number of amides is 1. The van der Waals surface area contributed by atoms with Gasteiger partial charge in [-0.3, -0.25) is 4.79 Å². The van der Waals surface area contributed by atoms with Gasteiger partial charge in [-0.25, -0.2) is 4.79 Å². The number of methoxy groups -OCH3 is 1. The minimum absolute atomic E-state index is 0.369. The number of rotatable bonds is 3. The van der Waals surface area contributed by atoms with E-state index in [-0.39, 0.29) is 5.91 Å². The maximum atomic E-state index is 11.2. The fourth-order valence-electron chi connectivity index (χ4n) is 0.917. The van der Waals surface area contributed by atoms with Crippen molar-refractivity contribution in [3.63, 3.8) is 0 Å². The number of carbonyl (C=O) groups excluding carboxylic acids is 2. The number of benzene rings is 1. The average molecular weight is 205 g/mol. The van der Waals surface area contributed by atoms with Gasteiger partial charge in [-0.2, -0.15) is 0 Å². The average Bonchev–Trinajstić information content (AvgIpc) is 2.27. The minimum Gasteiger partial charge on any atom is -0.466 e. The highest BCUT2D eigenvalue weighted by Gasteiger charge is 1.98. The molecule has 1 amide bonds. The van der Waals surface area contributed by atoms with Crippen molar-refractivity contribution in [2.24, 2.45) is 0 Å². The molecule has 0 unspecified atom stereocenters. The van der Waals surface area contributed by atoms with Crippen LogP contribution in [-0.4, -0.2) is 19.0 Å². The van der Waals surface area contributed by atoms with Crippen LogP contribution in [0.3, 0.4) is 0 Å². The maximum absolute atomic E-state index is 11.2. The Morgan fingerprint density at radius 1 is 1.20 bits per heavy atom. The summed E-state index contributed by atoms with van der Waals surface area (Å²) in [6, 6.07) is 8.97. The molecule has 0 radical (unpaired) electrons. The Labute approximate surface area is 87.6 Å². The lowest BCUT2D eigenvalue weighted by Crippen LogP contribution is -2.08. The van der Waals surface area contributed by atoms with E-state index in [1.165, 1.54) is 7.11 Å². The first-order chi connectivity index (χ1) is 7.22. The van der Waals surface area contributed by atoms with Crippen LogP contribution in [0.25, 0.3) is 0 Å². The first-order valence-electron chi connectivity index (χ1n) is 4.34. The van der Waals surface area contributed by atoms with Crippen LogP contribution in [0.4, 0.5) is 5.69 Å².